The average Bonchev–Trinajstić information content (AvgIpc) is 2.26. The third kappa shape index (κ3) is 1.09. The quantitative estimate of drug-likeness (QED) is 0.525. The molecule has 11 heavy (non-hydrogen) atoms. The molecule has 2 aliphatic heterocycles. The Morgan fingerprint density at radius 2 is 1.82 bits per heavy atom. The Morgan fingerprint density at radius 1 is 1.27 bits per heavy atom. The summed E-state index contributed by atoms with van der Waals surface area (Å²) in [5.74, 6) is 0.365. The highest BCUT2D eigenvalue weighted by molar-refractivity contribution is 5.54. The lowest BCUT2D eigenvalue weighted by Gasteiger charge is -2.33. The van der Waals surface area contributed by atoms with Crippen LogP contribution in [0.2, 0.25) is 0 Å². The van der Waals surface area contributed by atoms with Gasteiger partial charge in [-0.05, 0) is 32.7 Å². The largest absolute Gasteiger partial charge is 0.303 e. The molecular formula is C9H15NO. The van der Waals surface area contributed by atoms with Crippen molar-refractivity contribution in [2.75, 3.05) is 7.05 Å². The van der Waals surface area contributed by atoms with Gasteiger partial charge >= 0.3 is 0 Å². The number of aldehydes is 1. The van der Waals surface area contributed by atoms with Crippen LogP contribution in [0, 0.1) is 5.92 Å². The first-order chi connectivity index (χ1) is 5.31. The molecule has 0 amide bonds. The van der Waals surface area contributed by atoms with E-state index in [1.165, 1.54) is 12.8 Å². The maximum atomic E-state index is 10.6. The van der Waals surface area contributed by atoms with Crippen molar-refractivity contribution in [3.05, 3.63) is 0 Å². The van der Waals surface area contributed by atoms with Gasteiger partial charge in [0.05, 0.1) is 0 Å². The molecule has 0 aromatic heterocycles. The number of nitrogens with zero attached hydrogens (tertiary/aromatic N) is 1. The number of fused-ring (bicyclic) bond motifs is 2. The van der Waals surface area contributed by atoms with Gasteiger partial charge in [-0.2, -0.15) is 0 Å². The number of hydrogen-bond acceptors (Lipinski definition) is 2. The SMILES string of the molecule is CN1C2CCC1CC(C=O)C2. The lowest BCUT2D eigenvalue weighted by Crippen LogP contribution is -2.40. The molecule has 2 saturated heterocycles. The zero-order valence-corrected chi connectivity index (χ0v) is 6.99. The molecular weight excluding hydrogens is 138 g/mol. The first kappa shape index (κ1) is 7.29. The average molecular weight is 153 g/mol. The van der Waals surface area contributed by atoms with Gasteiger partial charge in [0, 0.05) is 18.0 Å². The molecule has 62 valence electrons. The van der Waals surface area contributed by atoms with Crippen LogP contribution in [0.5, 0.6) is 0 Å². The van der Waals surface area contributed by atoms with Crippen LogP contribution in [-0.2, 0) is 4.79 Å². The molecule has 2 fully saturated rings. The highest BCUT2D eigenvalue weighted by Gasteiger charge is 2.37. The highest BCUT2D eigenvalue weighted by Crippen LogP contribution is 2.36. The maximum Gasteiger partial charge on any atom is 0.123 e. The van der Waals surface area contributed by atoms with Crippen LogP contribution < -0.4 is 0 Å². The van der Waals surface area contributed by atoms with Gasteiger partial charge in [-0.3, -0.25) is 0 Å². The molecule has 2 bridgehead atoms. The van der Waals surface area contributed by atoms with E-state index in [-0.39, 0.29) is 0 Å². The predicted molar refractivity (Wildman–Crippen MR) is 43.4 cm³/mol. The van der Waals surface area contributed by atoms with Crippen molar-refractivity contribution in [2.45, 2.75) is 37.8 Å². The molecule has 2 atom stereocenters. The molecule has 2 nitrogen and oxygen atoms in total. The van der Waals surface area contributed by atoms with Crippen molar-refractivity contribution in [2.24, 2.45) is 5.92 Å². The van der Waals surface area contributed by atoms with Gasteiger partial charge in [-0.1, -0.05) is 0 Å². The Kier molecular flexibility index (Phi) is 1.72. The number of carbonyl (C=O) groups excluding carboxylic acids is 1. The Balaban J connectivity index is 2.07. The van der Waals surface area contributed by atoms with E-state index >= 15 is 0 Å². The minimum Gasteiger partial charge on any atom is -0.303 e. The lowest BCUT2D eigenvalue weighted by atomic mass is 9.93. The van der Waals surface area contributed by atoms with Gasteiger partial charge in [-0.15, -0.1) is 0 Å². The minimum absolute atomic E-state index is 0.365. The fourth-order valence-electron chi connectivity index (χ4n) is 2.56. The first-order valence-corrected chi connectivity index (χ1v) is 4.48. The monoisotopic (exact) mass is 153 g/mol. The van der Waals surface area contributed by atoms with Crippen molar-refractivity contribution in [1.82, 2.24) is 4.90 Å². The van der Waals surface area contributed by atoms with Gasteiger partial charge < -0.3 is 9.69 Å². The maximum absolute atomic E-state index is 10.6. The Bertz CT molecular complexity index is 155. The molecule has 2 unspecified atom stereocenters. The topological polar surface area (TPSA) is 20.3 Å². The second-order valence-electron chi connectivity index (χ2n) is 3.92. The van der Waals surface area contributed by atoms with Gasteiger partial charge in [0.2, 0.25) is 0 Å². The van der Waals surface area contributed by atoms with E-state index in [4.69, 9.17) is 0 Å². The Labute approximate surface area is 67.6 Å². The predicted octanol–water partition coefficient (Wildman–Crippen LogP) is 1.06. The van der Waals surface area contributed by atoms with E-state index in [2.05, 4.69) is 11.9 Å². The Hall–Kier alpha value is -0.370. The minimum atomic E-state index is 0.365. The normalized spacial score (nSPS) is 44.3. The second kappa shape index (κ2) is 2.59. The smallest absolute Gasteiger partial charge is 0.123 e. The van der Waals surface area contributed by atoms with E-state index in [0.29, 0.717) is 18.0 Å². The molecule has 0 aliphatic carbocycles. The van der Waals surface area contributed by atoms with Gasteiger partial charge in [-0.25, -0.2) is 0 Å². The zero-order valence-electron chi connectivity index (χ0n) is 6.99. The molecule has 0 saturated carbocycles. The van der Waals surface area contributed by atoms with Gasteiger partial charge in [0.1, 0.15) is 6.29 Å². The van der Waals surface area contributed by atoms with Crippen LogP contribution in [0.25, 0.3) is 0 Å². The van der Waals surface area contributed by atoms with Crippen molar-refractivity contribution in [1.29, 1.82) is 0 Å². The molecule has 0 spiro atoms. The third-order valence-electron chi connectivity index (χ3n) is 3.33. The number of rotatable bonds is 1. The zero-order chi connectivity index (χ0) is 7.84. The summed E-state index contributed by atoms with van der Waals surface area (Å²) >= 11 is 0. The van der Waals surface area contributed by atoms with Crippen LogP contribution in [0.15, 0.2) is 0 Å². The van der Waals surface area contributed by atoms with Crippen LogP contribution in [0.1, 0.15) is 25.7 Å². The fraction of sp³-hybridized carbons (Fsp3) is 0.889. The number of carbonyl (C=O) groups is 1. The fourth-order valence-corrected chi connectivity index (χ4v) is 2.56. The van der Waals surface area contributed by atoms with Gasteiger partial charge in [0.15, 0.2) is 0 Å². The van der Waals surface area contributed by atoms with Gasteiger partial charge in [0.25, 0.3) is 0 Å². The molecule has 2 rings (SSSR count). The second-order valence-corrected chi connectivity index (χ2v) is 3.92. The number of piperidine rings is 1. The molecule has 2 heterocycles. The summed E-state index contributed by atoms with van der Waals surface area (Å²) in [5, 5.41) is 0. The Morgan fingerprint density at radius 3 is 2.27 bits per heavy atom. The third-order valence-corrected chi connectivity index (χ3v) is 3.33. The van der Waals surface area contributed by atoms with E-state index in [9.17, 15) is 4.79 Å². The van der Waals surface area contributed by atoms with Crippen molar-refractivity contribution in [3.63, 3.8) is 0 Å². The highest BCUT2D eigenvalue weighted by atomic mass is 16.1. The summed E-state index contributed by atoms with van der Waals surface area (Å²) in [5.41, 5.74) is 0. The van der Waals surface area contributed by atoms with E-state index in [0.717, 1.165) is 19.1 Å². The lowest BCUT2D eigenvalue weighted by molar-refractivity contribution is -0.113. The molecule has 2 heteroatoms. The van der Waals surface area contributed by atoms with Crippen LogP contribution in [0.3, 0.4) is 0 Å². The molecule has 0 N–H and O–H groups in total. The molecule has 2 aliphatic rings. The van der Waals surface area contributed by atoms with E-state index in [1.807, 2.05) is 0 Å². The van der Waals surface area contributed by atoms with Crippen molar-refractivity contribution >= 4 is 6.29 Å². The summed E-state index contributed by atoms with van der Waals surface area (Å²) in [6.45, 7) is 0. The summed E-state index contributed by atoms with van der Waals surface area (Å²) in [4.78, 5) is 13.0. The summed E-state index contributed by atoms with van der Waals surface area (Å²) in [6, 6.07) is 1.42. The standard InChI is InChI=1S/C9H15NO/c1-10-8-2-3-9(10)5-7(4-8)6-11/h6-9H,2-5H2,1H3. The van der Waals surface area contributed by atoms with E-state index < -0.39 is 0 Å². The molecule has 0 radical (unpaired) electrons. The first-order valence-electron chi connectivity index (χ1n) is 4.48. The van der Waals surface area contributed by atoms with Crippen LogP contribution in [0.4, 0.5) is 0 Å². The van der Waals surface area contributed by atoms with Crippen molar-refractivity contribution in [3.8, 4) is 0 Å². The van der Waals surface area contributed by atoms with Crippen molar-refractivity contribution < 1.29 is 4.79 Å². The van der Waals surface area contributed by atoms with Crippen LogP contribution in [-0.4, -0.2) is 30.3 Å². The number of hydrogen-bond donors (Lipinski definition) is 0. The van der Waals surface area contributed by atoms with E-state index in [1.54, 1.807) is 0 Å². The summed E-state index contributed by atoms with van der Waals surface area (Å²) in [7, 11) is 2.20. The summed E-state index contributed by atoms with van der Waals surface area (Å²) < 4.78 is 0. The molecule has 0 aromatic carbocycles. The summed E-state index contributed by atoms with van der Waals surface area (Å²) in [6.07, 6.45) is 5.99. The molecule has 0 aromatic rings. The van der Waals surface area contributed by atoms with Crippen LogP contribution >= 0.6 is 0 Å².